The van der Waals surface area contributed by atoms with Gasteiger partial charge in [-0.15, -0.1) is 0 Å². The number of hydrogen-bond donors (Lipinski definition) is 1. The van der Waals surface area contributed by atoms with E-state index in [0.717, 1.165) is 0 Å². The first kappa shape index (κ1) is 14.6. The summed E-state index contributed by atoms with van der Waals surface area (Å²) < 4.78 is 15.8. The lowest BCUT2D eigenvalue weighted by molar-refractivity contribution is -0.0185. The van der Waals surface area contributed by atoms with E-state index < -0.39 is 0 Å². The summed E-state index contributed by atoms with van der Waals surface area (Å²) in [6.07, 6.45) is 0. The maximum atomic E-state index is 12.6. The highest BCUT2D eigenvalue weighted by Crippen LogP contribution is 2.32. The SMILES string of the molecule is COc1cccc(C(=O)N2CCOCC2CO)c1OC. The first-order chi connectivity index (χ1) is 9.72. The van der Waals surface area contributed by atoms with Gasteiger partial charge in [-0.2, -0.15) is 0 Å². The average molecular weight is 281 g/mol. The highest BCUT2D eigenvalue weighted by molar-refractivity contribution is 5.98. The normalized spacial score (nSPS) is 18.8. The second-order valence-corrected chi connectivity index (χ2v) is 4.45. The summed E-state index contributed by atoms with van der Waals surface area (Å²) in [7, 11) is 3.02. The number of aliphatic hydroxyl groups is 1. The summed E-state index contributed by atoms with van der Waals surface area (Å²) in [6, 6.07) is 4.84. The molecule has 1 aromatic rings. The van der Waals surface area contributed by atoms with Crippen molar-refractivity contribution in [2.45, 2.75) is 6.04 Å². The van der Waals surface area contributed by atoms with Crippen molar-refractivity contribution in [3.63, 3.8) is 0 Å². The zero-order valence-corrected chi connectivity index (χ0v) is 11.7. The van der Waals surface area contributed by atoms with Crippen molar-refractivity contribution in [2.24, 2.45) is 0 Å². The topological polar surface area (TPSA) is 68.2 Å². The molecule has 0 saturated carbocycles. The Labute approximate surface area is 117 Å². The quantitative estimate of drug-likeness (QED) is 0.872. The van der Waals surface area contributed by atoms with Gasteiger partial charge in [-0.25, -0.2) is 0 Å². The number of aliphatic hydroxyl groups excluding tert-OH is 1. The van der Waals surface area contributed by atoms with Crippen molar-refractivity contribution < 1.29 is 24.1 Å². The lowest BCUT2D eigenvalue weighted by Gasteiger charge is -2.34. The maximum absolute atomic E-state index is 12.6. The van der Waals surface area contributed by atoms with E-state index in [-0.39, 0.29) is 18.6 Å². The van der Waals surface area contributed by atoms with Crippen LogP contribution in [0.1, 0.15) is 10.4 Å². The molecule has 1 N–H and O–H groups in total. The molecule has 6 heteroatoms. The van der Waals surface area contributed by atoms with Crippen LogP contribution in [0.3, 0.4) is 0 Å². The molecule has 6 nitrogen and oxygen atoms in total. The molecule has 1 aliphatic heterocycles. The van der Waals surface area contributed by atoms with Crippen molar-refractivity contribution in [1.29, 1.82) is 0 Å². The summed E-state index contributed by atoms with van der Waals surface area (Å²) >= 11 is 0. The van der Waals surface area contributed by atoms with Gasteiger partial charge in [0, 0.05) is 6.54 Å². The van der Waals surface area contributed by atoms with Gasteiger partial charge in [0.05, 0.1) is 45.6 Å². The number of benzene rings is 1. The van der Waals surface area contributed by atoms with Crippen LogP contribution in [0.4, 0.5) is 0 Å². The number of rotatable bonds is 4. The Morgan fingerprint density at radius 1 is 1.45 bits per heavy atom. The zero-order valence-electron chi connectivity index (χ0n) is 11.7. The molecule has 0 aromatic heterocycles. The lowest BCUT2D eigenvalue weighted by Crippen LogP contribution is -2.50. The van der Waals surface area contributed by atoms with Crippen LogP contribution in [-0.2, 0) is 4.74 Å². The minimum atomic E-state index is -0.327. The van der Waals surface area contributed by atoms with Crippen molar-refractivity contribution in [3.05, 3.63) is 23.8 Å². The number of hydrogen-bond acceptors (Lipinski definition) is 5. The molecule has 1 saturated heterocycles. The Balaban J connectivity index is 2.32. The first-order valence-corrected chi connectivity index (χ1v) is 6.43. The van der Waals surface area contributed by atoms with Crippen molar-refractivity contribution in [3.8, 4) is 11.5 Å². The van der Waals surface area contributed by atoms with Gasteiger partial charge in [0.2, 0.25) is 0 Å². The predicted octanol–water partition coefficient (Wildman–Crippen LogP) is 0.537. The smallest absolute Gasteiger partial charge is 0.258 e. The van der Waals surface area contributed by atoms with E-state index in [2.05, 4.69) is 0 Å². The van der Waals surface area contributed by atoms with Gasteiger partial charge < -0.3 is 24.2 Å². The molecule has 1 unspecified atom stereocenters. The predicted molar refractivity (Wildman–Crippen MR) is 72.3 cm³/mol. The largest absolute Gasteiger partial charge is 0.493 e. The number of morpholine rings is 1. The van der Waals surface area contributed by atoms with Gasteiger partial charge in [-0.3, -0.25) is 4.79 Å². The Morgan fingerprint density at radius 2 is 2.25 bits per heavy atom. The van der Waals surface area contributed by atoms with Crippen molar-refractivity contribution >= 4 is 5.91 Å². The number of amides is 1. The third-order valence-corrected chi connectivity index (χ3v) is 3.33. The number of para-hydroxylation sites is 1. The standard InChI is InChI=1S/C14H19NO5/c1-18-12-5-3-4-11(13(12)19-2)14(17)15-6-7-20-9-10(15)8-16/h3-5,10,16H,6-9H2,1-2H3. The molecule has 1 amide bonds. The molecule has 0 bridgehead atoms. The monoisotopic (exact) mass is 281 g/mol. The molecule has 1 aromatic carbocycles. The van der Waals surface area contributed by atoms with Gasteiger partial charge in [0.25, 0.3) is 5.91 Å². The Kier molecular flexibility index (Phi) is 4.81. The Bertz CT molecular complexity index is 477. The van der Waals surface area contributed by atoms with E-state index in [4.69, 9.17) is 14.2 Å². The number of methoxy groups -OCH3 is 2. The van der Waals surface area contributed by atoms with Crippen molar-refractivity contribution in [2.75, 3.05) is 40.6 Å². The van der Waals surface area contributed by atoms with E-state index in [1.54, 1.807) is 23.1 Å². The highest BCUT2D eigenvalue weighted by atomic mass is 16.5. The molecule has 0 radical (unpaired) electrons. The number of nitrogens with zero attached hydrogens (tertiary/aromatic N) is 1. The fraction of sp³-hybridized carbons (Fsp3) is 0.500. The number of ether oxygens (including phenoxy) is 3. The van der Waals surface area contributed by atoms with Crippen LogP contribution in [0.2, 0.25) is 0 Å². The van der Waals surface area contributed by atoms with E-state index >= 15 is 0 Å². The molecule has 1 atom stereocenters. The van der Waals surface area contributed by atoms with Crippen LogP contribution in [-0.4, -0.2) is 62.5 Å². The Morgan fingerprint density at radius 3 is 2.90 bits per heavy atom. The minimum absolute atomic E-state index is 0.127. The third-order valence-electron chi connectivity index (χ3n) is 3.33. The summed E-state index contributed by atoms with van der Waals surface area (Å²) in [4.78, 5) is 14.3. The molecule has 2 rings (SSSR count). The molecule has 0 aliphatic carbocycles. The van der Waals surface area contributed by atoms with E-state index in [1.165, 1.54) is 14.2 Å². The van der Waals surface area contributed by atoms with E-state index in [9.17, 15) is 9.90 Å². The van der Waals surface area contributed by atoms with Gasteiger partial charge in [-0.05, 0) is 12.1 Å². The molecule has 1 aliphatic rings. The summed E-state index contributed by atoms with van der Waals surface area (Å²) in [5.74, 6) is 0.721. The van der Waals surface area contributed by atoms with E-state index in [0.29, 0.717) is 36.8 Å². The molecule has 1 fully saturated rings. The van der Waals surface area contributed by atoms with Gasteiger partial charge in [-0.1, -0.05) is 6.07 Å². The zero-order chi connectivity index (χ0) is 14.5. The van der Waals surface area contributed by atoms with Gasteiger partial charge in [0.15, 0.2) is 11.5 Å². The fourth-order valence-electron chi connectivity index (χ4n) is 2.28. The molecule has 1 heterocycles. The van der Waals surface area contributed by atoms with Crippen LogP contribution >= 0.6 is 0 Å². The number of carbonyl (C=O) groups excluding carboxylic acids is 1. The second-order valence-electron chi connectivity index (χ2n) is 4.45. The van der Waals surface area contributed by atoms with Crippen LogP contribution in [0.5, 0.6) is 11.5 Å². The molecular weight excluding hydrogens is 262 g/mol. The summed E-state index contributed by atoms with van der Waals surface area (Å²) in [5.41, 5.74) is 0.423. The summed E-state index contributed by atoms with van der Waals surface area (Å²) in [6.45, 7) is 1.13. The van der Waals surface area contributed by atoms with Gasteiger partial charge in [0.1, 0.15) is 0 Å². The second kappa shape index (κ2) is 6.58. The highest BCUT2D eigenvalue weighted by Gasteiger charge is 2.29. The molecule has 0 spiro atoms. The fourth-order valence-corrected chi connectivity index (χ4v) is 2.28. The van der Waals surface area contributed by atoms with Gasteiger partial charge >= 0.3 is 0 Å². The van der Waals surface area contributed by atoms with Crippen LogP contribution < -0.4 is 9.47 Å². The van der Waals surface area contributed by atoms with E-state index in [1.807, 2.05) is 0 Å². The van der Waals surface area contributed by atoms with Crippen LogP contribution in [0, 0.1) is 0 Å². The number of carbonyl (C=O) groups is 1. The Hall–Kier alpha value is -1.79. The van der Waals surface area contributed by atoms with Crippen LogP contribution in [0.15, 0.2) is 18.2 Å². The van der Waals surface area contributed by atoms with Crippen LogP contribution in [0.25, 0.3) is 0 Å². The molecule has 110 valence electrons. The third kappa shape index (κ3) is 2.71. The maximum Gasteiger partial charge on any atom is 0.258 e. The molecule has 20 heavy (non-hydrogen) atoms. The average Bonchev–Trinajstić information content (AvgIpc) is 2.53. The lowest BCUT2D eigenvalue weighted by atomic mass is 10.1. The first-order valence-electron chi connectivity index (χ1n) is 6.43. The summed E-state index contributed by atoms with van der Waals surface area (Å²) in [5, 5.41) is 9.35. The molecular formula is C14H19NO5. The van der Waals surface area contributed by atoms with Crippen molar-refractivity contribution in [1.82, 2.24) is 4.90 Å². The minimum Gasteiger partial charge on any atom is -0.493 e.